The first-order valence-electron chi connectivity index (χ1n) is 5.87. The maximum atomic E-state index is 11.6. The van der Waals surface area contributed by atoms with Gasteiger partial charge in [0.25, 0.3) is 0 Å². The zero-order valence-electron chi connectivity index (χ0n) is 10.9. The van der Waals surface area contributed by atoms with E-state index >= 15 is 0 Å². The lowest BCUT2D eigenvalue weighted by Crippen LogP contribution is -2.10. The Morgan fingerprint density at radius 2 is 1.72 bits per heavy atom. The minimum absolute atomic E-state index is 0.213. The van der Waals surface area contributed by atoms with Crippen LogP contribution in [0.1, 0.15) is 19.4 Å². The van der Waals surface area contributed by atoms with Crippen LogP contribution in [0.5, 0.6) is 5.75 Å². The maximum absolute atomic E-state index is 11.6. The highest BCUT2D eigenvalue weighted by Crippen LogP contribution is 2.15. The number of hydrogen-bond acceptors (Lipinski definition) is 4. The summed E-state index contributed by atoms with van der Waals surface area (Å²) in [5.41, 5.74) is 0.854. The van der Waals surface area contributed by atoms with Crippen molar-refractivity contribution in [2.75, 3.05) is 20.3 Å². The summed E-state index contributed by atoms with van der Waals surface area (Å²) in [5, 5.41) is 0. The molecular formula is C14H18O4. The molecule has 0 unspecified atom stereocenters. The Morgan fingerprint density at radius 3 is 2.22 bits per heavy atom. The summed E-state index contributed by atoms with van der Waals surface area (Å²) >= 11 is 0. The van der Waals surface area contributed by atoms with Gasteiger partial charge in [-0.05, 0) is 37.6 Å². The highest BCUT2D eigenvalue weighted by Gasteiger charge is 2.11. The van der Waals surface area contributed by atoms with Crippen molar-refractivity contribution in [3.05, 3.63) is 35.6 Å². The monoisotopic (exact) mass is 250 g/mol. The SMILES string of the molecule is CCOC(=O)C(=Cc1ccc(OC)cc1)OCC. The molecule has 0 fully saturated rings. The molecule has 0 aliphatic heterocycles. The first-order valence-corrected chi connectivity index (χ1v) is 5.87. The molecule has 0 N–H and O–H groups in total. The van der Waals surface area contributed by atoms with E-state index in [1.807, 2.05) is 31.2 Å². The largest absolute Gasteiger partial charge is 0.497 e. The standard InChI is InChI=1S/C14H18O4/c1-4-17-13(14(15)18-5-2)10-11-6-8-12(16-3)9-7-11/h6-10H,4-5H2,1-3H3. The van der Waals surface area contributed by atoms with Crippen molar-refractivity contribution in [3.8, 4) is 5.75 Å². The molecule has 0 bridgehead atoms. The second-order valence-electron chi connectivity index (χ2n) is 3.44. The van der Waals surface area contributed by atoms with Crippen LogP contribution in [0.3, 0.4) is 0 Å². The van der Waals surface area contributed by atoms with Crippen LogP contribution < -0.4 is 4.74 Å². The van der Waals surface area contributed by atoms with E-state index in [0.717, 1.165) is 11.3 Å². The molecule has 0 spiro atoms. The van der Waals surface area contributed by atoms with Crippen LogP contribution in [-0.2, 0) is 14.3 Å². The lowest BCUT2D eigenvalue weighted by atomic mass is 10.2. The van der Waals surface area contributed by atoms with Crippen molar-refractivity contribution in [2.24, 2.45) is 0 Å². The van der Waals surface area contributed by atoms with Crippen LogP contribution in [0.15, 0.2) is 30.0 Å². The van der Waals surface area contributed by atoms with E-state index < -0.39 is 5.97 Å². The third kappa shape index (κ3) is 4.13. The molecule has 0 aliphatic carbocycles. The molecular weight excluding hydrogens is 232 g/mol. The quantitative estimate of drug-likeness (QED) is 0.442. The van der Waals surface area contributed by atoms with Gasteiger partial charge in [-0.15, -0.1) is 0 Å². The second kappa shape index (κ2) is 7.37. The van der Waals surface area contributed by atoms with Crippen molar-refractivity contribution in [1.82, 2.24) is 0 Å². The predicted molar refractivity (Wildman–Crippen MR) is 69.2 cm³/mol. The minimum atomic E-state index is -0.449. The lowest BCUT2D eigenvalue weighted by Gasteiger charge is -2.07. The van der Waals surface area contributed by atoms with Gasteiger partial charge in [0.2, 0.25) is 5.76 Å². The predicted octanol–water partition coefficient (Wildman–Crippen LogP) is 2.64. The van der Waals surface area contributed by atoms with E-state index in [2.05, 4.69) is 0 Å². The van der Waals surface area contributed by atoms with Crippen molar-refractivity contribution in [1.29, 1.82) is 0 Å². The molecule has 0 atom stereocenters. The molecule has 0 saturated carbocycles. The molecule has 1 aromatic rings. The second-order valence-corrected chi connectivity index (χ2v) is 3.44. The average molecular weight is 250 g/mol. The van der Waals surface area contributed by atoms with E-state index in [0.29, 0.717) is 13.2 Å². The van der Waals surface area contributed by atoms with Crippen molar-refractivity contribution < 1.29 is 19.0 Å². The van der Waals surface area contributed by atoms with E-state index in [9.17, 15) is 4.79 Å². The van der Waals surface area contributed by atoms with Crippen LogP contribution in [0, 0.1) is 0 Å². The molecule has 0 radical (unpaired) electrons. The number of benzene rings is 1. The average Bonchev–Trinajstić information content (AvgIpc) is 2.39. The Hall–Kier alpha value is -1.97. The Kier molecular flexibility index (Phi) is 5.77. The molecule has 0 aliphatic rings. The van der Waals surface area contributed by atoms with Crippen LogP contribution in [0.25, 0.3) is 6.08 Å². The van der Waals surface area contributed by atoms with Crippen molar-refractivity contribution in [2.45, 2.75) is 13.8 Å². The van der Waals surface area contributed by atoms with Gasteiger partial charge < -0.3 is 14.2 Å². The topological polar surface area (TPSA) is 44.8 Å². The highest BCUT2D eigenvalue weighted by molar-refractivity contribution is 5.91. The van der Waals surface area contributed by atoms with Crippen LogP contribution >= 0.6 is 0 Å². The van der Waals surface area contributed by atoms with Crippen molar-refractivity contribution in [3.63, 3.8) is 0 Å². The van der Waals surface area contributed by atoms with Gasteiger partial charge in [-0.1, -0.05) is 12.1 Å². The Morgan fingerprint density at radius 1 is 1.11 bits per heavy atom. The Balaban J connectivity index is 2.88. The fraction of sp³-hybridized carbons (Fsp3) is 0.357. The summed E-state index contributed by atoms with van der Waals surface area (Å²) in [6.45, 7) is 4.32. The molecule has 1 aromatic carbocycles. The lowest BCUT2D eigenvalue weighted by molar-refractivity contribution is -0.142. The Bertz CT molecular complexity index is 406. The molecule has 0 saturated heterocycles. The summed E-state index contributed by atoms with van der Waals surface area (Å²) in [6.07, 6.45) is 1.65. The number of ether oxygens (including phenoxy) is 3. The smallest absolute Gasteiger partial charge is 0.373 e. The third-order valence-electron chi connectivity index (χ3n) is 2.19. The summed E-state index contributed by atoms with van der Waals surface area (Å²) in [6, 6.07) is 7.33. The van der Waals surface area contributed by atoms with Gasteiger partial charge in [0.15, 0.2) is 0 Å². The van der Waals surface area contributed by atoms with Gasteiger partial charge in [-0.2, -0.15) is 0 Å². The van der Waals surface area contributed by atoms with Crippen LogP contribution in [0.2, 0.25) is 0 Å². The zero-order chi connectivity index (χ0) is 13.4. The maximum Gasteiger partial charge on any atom is 0.373 e. The highest BCUT2D eigenvalue weighted by atomic mass is 16.6. The number of methoxy groups -OCH3 is 1. The molecule has 18 heavy (non-hydrogen) atoms. The zero-order valence-corrected chi connectivity index (χ0v) is 10.9. The van der Waals surface area contributed by atoms with Gasteiger partial charge in [0, 0.05) is 0 Å². The van der Waals surface area contributed by atoms with Crippen LogP contribution in [-0.4, -0.2) is 26.3 Å². The number of hydrogen-bond donors (Lipinski definition) is 0. The normalized spacial score (nSPS) is 10.9. The minimum Gasteiger partial charge on any atom is -0.497 e. The molecule has 0 heterocycles. The van der Waals surface area contributed by atoms with Crippen LogP contribution in [0.4, 0.5) is 0 Å². The van der Waals surface area contributed by atoms with E-state index in [1.54, 1.807) is 20.1 Å². The third-order valence-corrected chi connectivity index (χ3v) is 2.19. The van der Waals surface area contributed by atoms with Gasteiger partial charge in [-0.3, -0.25) is 0 Å². The first kappa shape index (κ1) is 14.1. The number of carbonyl (C=O) groups excluding carboxylic acids is 1. The van der Waals surface area contributed by atoms with E-state index in [-0.39, 0.29) is 5.76 Å². The first-order chi connectivity index (χ1) is 8.71. The molecule has 4 nitrogen and oxygen atoms in total. The van der Waals surface area contributed by atoms with Gasteiger partial charge >= 0.3 is 5.97 Å². The van der Waals surface area contributed by atoms with Gasteiger partial charge in [-0.25, -0.2) is 4.79 Å². The summed E-state index contributed by atoms with van der Waals surface area (Å²) < 4.78 is 15.3. The van der Waals surface area contributed by atoms with Crippen molar-refractivity contribution >= 4 is 12.0 Å². The fourth-order valence-corrected chi connectivity index (χ4v) is 1.37. The number of rotatable bonds is 6. The number of carbonyl (C=O) groups is 1. The van der Waals surface area contributed by atoms with Gasteiger partial charge in [0.05, 0.1) is 20.3 Å². The molecule has 4 heteroatoms. The van der Waals surface area contributed by atoms with E-state index in [1.165, 1.54) is 0 Å². The summed E-state index contributed by atoms with van der Waals surface area (Å²) in [4.78, 5) is 11.6. The molecule has 98 valence electrons. The molecule has 0 aromatic heterocycles. The molecule has 0 amide bonds. The summed E-state index contributed by atoms with van der Waals surface area (Å²) in [5.74, 6) is 0.529. The number of esters is 1. The summed E-state index contributed by atoms with van der Waals surface area (Å²) in [7, 11) is 1.61. The Labute approximate surface area is 107 Å². The van der Waals surface area contributed by atoms with E-state index in [4.69, 9.17) is 14.2 Å². The fourth-order valence-electron chi connectivity index (χ4n) is 1.37. The van der Waals surface area contributed by atoms with Gasteiger partial charge in [0.1, 0.15) is 5.75 Å². The molecule has 1 rings (SSSR count).